The third-order valence-electron chi connectivity index (χ3n) is 4.95. The number of hydrogen-bond acceptors (Lipinski definition) is 4. The first-order valence-electron chi connectivity index (χ1n) is 8.29. The number of nitrogens with two attached hydrogens (primary N) is 1. The zero-order valence-corrected chi connectivity index (χ0v) is 14.9. The fourth-order valence-corrected chi connectivity index (χ4v) is 6.14. The Balaban J connectivity index is 2.06. The SMILES string of the molecule is CCOCC1(CN)C(c2cccc(F)c2)C1S(=O)(=O)c1ccccc1. The minimum Gasteiger partial charge on any atom is -0.381 e. The molecular weight excluding hydrogens is 341 g/mol. The van der Waals surface area contributed by atoms with Crippen molar-refractivity contribution in [2.75, 3.05) is 19.8 Å². The summed E-state index contributed by atoms with van der Waals surface area (Å²) < 4.78 is 45.6. The lowest BCUT2D eigenvalue weighted by Crippen LogP contribution is -2.29. The molecule has 0 radical (unpaired) electrons. The standard InChI is InChI=1S/C19H22FNO3S/c1-2-24-13-19(12-21)17(14-7-6-8-15(20)11-14)18(19)25(22,23)16-9-4-3-5-10-16/h3-11,17-18H,2,12-13,21H2,1H3. The van der Waals surface area contributed by atoms with Gasteiger partial charge in [-0.25, -0.2) is 12.8 Å². The summed E-state index contributed by atoms with van der Waals surface area (Å²) in [6.07, 6.45) is 0. The molecule has 134 valence electrons. The number of sulfone groups is 1. The molecule has 0 aliphatic heterocycles. The molecule has 0 spiro atoms. The second-order valence-corrected chi connectivity index (χ2v) is 8.46. The van der Waals surface area contributed by atoms with E-state index in [1.165, 1.54) is 12.1 Å². The van der Waals surface area contributed by atoms with Crippen LogP contribution in [0, 0.1) is 11.2 Å². The highest BCUT2D eigenvalue weighted by atomic mass is 32.2. The summed E-state index contributed by atoms with van der Waals surface area (Å²) in [5.41, 5.74) is 5.91. The fraction of sp³-hybridized carbons (Fsp3) is 0.368. The van der Waals surface area contributed by atoms with Crippen molar-refractivity contribution in [1.29, 1.82) is 0 Å². The van der Waals surface area contributed by atoms with Crippen LogP contribution in [0.2, 0.25) is 0 Å². The van der Waals surface area contributed by atoms with Crippen LogP contribution in [0.5, 0.6) is 0 Å². The molecule has 6 heteroatoms. The molecule has 0 bridgehead atoms. The Hall–Kier alpha value is -1.76. The van der Waals surface area contributed by atoms with E-state index >= 15 is 0 Å². The Bertz CT molecular complexity index is 841. The molecule has 3 atom stereocenters. The van der Waals surface area contributed by atoms with Crippen molar-refractivity contribution < 1.29 is 17.5 Å². The maximum absolute atomic E-state index is 13.7. The van der Waals surface area contributed by atoms with Gasteiger partial charge in [-0.2, -0.15) is 0 Å². The molecule has 1 fully saturated rings. The molecular formula is C19H22FNO3S. The lowest BCUT2D eigenvalue weighted by molar-refractivity contribution is 0.101. The summed E-state index contributed by atoms with van der Waals surface area (Å²) >= 11 is 0. The molecule has 1 aliphatic carbocycles. The van der Waals surface area contributed by atoms with Gasteiger partial charge in [-0.15, -0.1) is 0 Å². The zero-order valence-electron chi connectivity index (χ0n) is 14.1. The maximum Gasteiger partial charge on any atom is 0.182 e. The van der Waals surface area contributed by atoms with Gasteiger partial charge in [0.2, 0.25) is 0 Å². The highest BCUT2D eigenvalue weighted by Crippen LogP contribution is 2.63. The fourth-order valence-electron chi connectivity index (χ4n) is 3.67. The molecule has 3 unspecified atom stereocenters. The number of hydrogen-bond donors (Lipinski definition) is 1. The van der Waals surface area contributed by atoms with Gasteiger partial charge < -0.3 is 10.5 Å². The first-order valence-corrected chi connectivity index (χ1v) is 9.84. The van der Waals surface area contributed by atoms with Crippen LogP contribution in [0.1, 0.15) is 18.4 Å². The lowest BCUT2D eigenvalue weighted by atomic mass is 10.00. The monoisotopic (exact) mass is 363 g/mol. The summed E-state index contributed by atoms with van der Waals surface area (Å²) in [4.78, 5) is 0.258. The Morgan fingerprint density at radius 1 is 1.16 bits per heavy atom. The summed E-state index contributed by atoms with van der Waals surface area (Å²) in [6.45, 7) is 2.71. The normalized spacial score (nSPS) is 25.7. The van der Waals surface area contributed by atoms with Gasteiger partial charge in [0.05, 0.1) is 16.8 Å². The summed E-state index contributed by atoms with van der Waals surface area (Å²) in [5.74, 6) is -0.771. The Morgan fingerprint density at radius 3 is 2.48 bits per heavy atom. The smallest absolute Gasteiger partial charge is 0.182 e. The average Bonchev–Trinajstić information content (AvgIpc) is 3.31. The number of rotatable bonds is 7. The van der Waals surface area contributed by atoms with E-state index in [9.17, 15) is 12.8 Å². The van der Waals surface area contributed by atoms with Gasteiger partial charge in [0.1, 0.15) is 5.82 Å². The Morgan fingerprint density at radius 2 is 1.88 bits per heavy atom. The quantitative estimate of drug-likeness (QED) is 0.821. The molecule has 1 aliphatic rings. The molecule has 3 rings (SSSR count). The summed E-state index contributed by atoms with van der Waals surface area (Å²) in [7, 11) is -3.61. The maximum atomic E-state index is 13.7. The molecule has 4 nitrogen and oxygen atoms in total. The topological polar surface area (TPSA) is 69.4 Å². The van der Waals surface area contributed by atoms with Gasteiger partial charge in [-0.05, 0) is 36.8 Å². The van der Waals surface area contributed by atoms with E-state index in [-0.39, 0.29) is 29.8 Å². The molecule has 25 heavy (non-hydrogen) atoms. The van der Waals surface area contributed by atoms with E-state index in [1.54, 1.807) is 42.5 Å². The number of benzene rings is 2. The minimum absolute atomic E-state index is 0.158. The van der Waals surface area contributed by atoms with Gasteiger partial charge >= 0.3 is 0 Å². The predicted molar refractivity (Wildman–Crippen MR) is 94.5 cm³/mol. The minimum atomic E-state index is -3.61. The van der Waals surface area contributed by atoms with Crippen molar-refractivity contribution in [2.45, 2.75) is 23.0 Å². The van der Waals surface area contributed by atoms with Crippen LogP contribution in [0.15, 0.2) is 59.5 Å². The largest absolute Gasteiger partial charge is 0.381 e. The van der Waals surface area contributed by atoms with Crippen LogP contribution in [0.4, 0.5) is 4.39 Å². The molecule has 0 saturated heterocycles. The first-order chi connectivity index (χ1) is 12.0. The summed E-state index contributed by atoms with van der Waals surface area (Å²) in [6, 6.07) is 14.4. The number of halogens is 1. The third-order valence-corrected chi connectivity index (χ3v) is 7.29. The van der Waals surface area contributed by atoms with E-state index < -0.39 is 20.5 Å². The van der Waals surface area contributed by atoms with E-state index in [0.717, 1.165) is 0 Å². The van der Waals surface area contributed by atoms with Crippen molar-refractivity contribution in [3.05, 3.63) is 66.0 Å². The molecule has 0 aromatic heterocycles. The van der Waals surface area contributed by atoms with Gasteiger partial charge in [0, 0.05) is 24.5 Å². The van der Waals surface area contributed by atoms with E-state index in [2.05, 4.69) is 0 Å². The van der Waals surface area contributed by atoms with Crippen LogP contribution in [-0.2, 0) is 14.6 Å². The predicted octanol–water partition coefficient (Wildman–Crippen LogP) is 2.75. The third kappa shape index (κ3) is 3.10. The van der Waals surface area contributed by atoms with Crippen molar-refractivity contribution in [2.24, 2.45) is 11.1 Å². The van der Waals surface area contributed by atoms with Crippen molar-refractivity contribution >= 4 is 9.84 Å². The van der Waals surface area contributed by atoms with Crippen LogP contribution in [0.3, 0.4) is 0 Å². The van der Waals surface area contributed by atoms with Crippen molar-refractivity contribution in [1.82, 2.24) is 0 Å². The highest BCUT2D eigenvalue weighted by molar-refractivity contribution is 7.92. The highest BCUT2D eigenvalue weighted by Gasteiger charge is 2.70. The van der Waals surface area contributed by atoms with E-state index in [4.69, 9.17) is 10.5 Å². The van der Waals surface area contributed by atoms with Gasteiger partial charge in [-0.1, -0.05) is 30.3 Å². The molecule has 0 heterocycles. The van der Waals surface area contributed by atoms with Gasteiger partial charge in [-0.3, -0.25) is 0 Å². The molecule has 2 N–H and O–H groups in total. The molecule has 2 aromatic carbocycles. The van der Waals surface area contributed by atoms with Crippen LogP contribution in [0.25, 0.3) is 0 Å². The molecule has 1 saturated carbocycles. The average molecular weight is 363 g/mol. The van der Waals surface area contributed by atoms with E-state index in [0.29, 0.717) is 12.2 Å². The second-order valence-electron chi connectivity index (χ2n) is 6.39. The lowest BCUT2D eigenvalue weighted by Gasteiger charge is -2.16. The van der Waals surface area contributed by atoms with Gasteiger partial charge in [0.15, 0.2) is 9.84 Å². The van der Waals surface area contributed by atoms with Crippen LogP contribution in [-0.4, -0.2) is 33.4 Å². The van der Waals surface area contributed by atoms with Crippen LogP contribution >= 0.6 is 0 Å². The number of ether oxygens (including phenoxy) is 1. The van der Waals surface area contributed by atoms with Crippen molar-refractivity contribution in [3.8, 4) is 0 Å². The molecule has 0 amide bonds. The Labute approximate surface area is 147 Å². The van der Waals surface area contributed by atoms with Crippen LogP contribution < -0.4 is 5.73 Å². The van der Waals surface area contributed by atoms with Gasteiger partial charge in [0.25, 0.3) is 0 Å². The zero-order chi connectivity index (χ0) is 18.1. The van der Waals surface area contributed by atoms with E-state index in [1.807, 2.05) is 6.92 Å². The van der Waals surface area contributed by atoms with Crippen molar-refractivity contribution in [3.63, 3.8) is 0 Å². The summed E-state index contributed by atoms with van der Waals surface area (Å²) in [5, 5.41) is -0.722. The second kappa shape index (κ2) is 6.86. The Kier molecular flexibility index (Phi) is 4.95. The molecule has 2 aromatic rings. The first kappa shape index (κ1) is 18.0.